The molecule has 4 rings (SSSR count). The smallest absolute Gasteiger partial charge is 0.416 e. The fraction of sp³-hybridized carbons (Fsp3) is 0.367. The maximum atomic E-state index is 13.6. The number of nitriles is 1. The van der Waals surface area contributed by atoms with E-state index >= 15 is 0 Å². The number of aromatic nitrogens is 3. The Balaban J connectivity index is 0.00000169. The Kier molecular flexibility index (Phi) is 10.4. The van der Waals surface area contributed by atoms with Crippen molar-refractivity contribution in [2.24, 2.45) is 0 Å². The summed E-state index contributed by atoms with van der Waals surface area (Å²) >= 11 is 0. The Morgan fingerprint density at radius 2 is 1.89 bits per heavy atom. The molecule has 0 fully saturated rings. The summed E-state index contributed by atoms with van der Waals surface area (Å²) in [5, 5.41) is 24.4. The number of hydrogen-bond acceptors (Lipinski definition) is 8. The highest BCUT2D eigenvalue weighted by atomic mass is 19.4. The molecule has 11 nitrogen and oxygen atoms in total. The van der Waals surface area contributed by atoms with Gasteiger partial charge in [0.25, 0.3) is 0 Å². The van der Waals surface area contributed by atoms with Crippen LogP contribution in [0.25, 0.3) is 0 Å². The van der Waals surface area contributed by atoms with Gasteiger partial charge in [0.2, 0.25) is 5.95 Å². The third kappa shape index (κ3) is 7.35. The number of hydrogen-bond donors (Lipinski definition) is 1. The number of unbranched alkanes of at least 4 members (excludes halogenated alkanes) is 1. The number of benzene rings is 2. The van der Waals surface area contributed by atoms with Crippen molar-refractivity contribution in [2.45, 2.75) is 38.4 Å². The van der Waals surface area contributed by atoms with E-state index in [9.17, 15) is 28.0 Å². The van der Waals surface area contributed by atoms with Gasteiger partial charge in [0.05, 0.1) is 57.6 Å². The molecule has 234 valence electrons. The van der Waals surface area contributed by atoms with Crippen LogP contribution in [0.1, 0.15) is 48.1 Å². The van der Waals surface area contributed by atoms with Crippen LogP contribution in [-0.2, 0) is 26.9 Å². The summed E-state index contributed by atoms with van der Waals surface area (Å²) in [5.74, 6) is -0.728. The minimum absolute atomic E-state index is 0.0184. The van der Waals surface area contributed by atoms with E-state index in [1.807, 2.05) is 0 Å². The van der Waals surface area contributed by atoms with E-state index in [0.29, 0.717) is 17.5 Å². The molecule has 1 aliphatic rings. The molecule has 44 heavy (non-hydrogen) atoms. The Morgan fingerprint density at radius 1 is 1.20 bits per heavy atom. The molecule has 1 aliphatic heterocycles. The topological polar surface area (TPSA) is 144 Å². The molecule has 0 spiro atoms. The van der Waals surface area contributed by atoms with Crippen LogP contribution in [-0.4, -0.2) is 66.5 Å². The number of ether oxygens (including phenoxy) is 1. The zero-order chi connectivity index (χ0) is 32.8. The van der Waals surface area contributed by atoms with E-state index in [1.165, 1.54) is 28.7 Å². The SMILES string of the molecule is COC(=O)C1=C(C)N(c2cccc(C(F)(F)F)c2)c2n[nH]c(=O)n2C1c1ccc(C#N)cc1CCCC[N+](C)(C)C.O=C[O-]. The van der Waals surface area contributed by atoms with Gasteiger partial charge in [-0.3, -0.25) is 4.90 Å². The van der Waals surface area contributed by atoms with E-state index in [1.54, 1.807) is 25.1 Å². The fourth-order valence-corrected chi connectivity index (χ4v) is 5.14. The lowest BCUT2D eigenvalue weighted by molar-refractivity contribution is -0.870. The van der Waals surface area contributed by atoms with Gasteiger partial charge in [-0.2, -0.15) is 18.4 Å². The monoisotopic (exact) mass is 614 g/mol. The first kappa shape index (κ1) is 33.6. The number of allylic oxidation sites excluding steroid dienone is 1. The minimum atomic E-state index is -4.61. The quantitative estimate of drug-likeness (QED) is 0.177. The van der Waals surface area contributed by atoms with Crippen LogP contribution in [0, 0.1) is 11.3 Å². The number of carbonyl (C=O) groups excluding carboxylic acids is 2. The molecule has 0 bridgehead atoms. The number of aryl methyl sites for hydroxylation is 1. The van der Waals surface area contributed by atoms with Gasteiger partial charge in [-0.1, -0.05) is 12.1 Å². The molecule has 1 N–H and O–H groups in total. The van der Waals surface area contributed by atoms with E-state index in [4.69, 9.17) is 14.6 Å². The molecule has 0 radical (unpaired) electrons. The van der Waals surface area contributed by atoms with Crippen LogP contribution < -0.4 is 15.7 Å². The maximum absolute atomic E-state index is 13.6. The maximum Gasteiger partial charge on any atom is 0.416 e. The third-order valence-electron chi connectivity index (χ3n) is 7.07. The van der Waals surface area contributed by atoms with Crippen LogP contribution >= 0.6 is 0 Å². The number of nitrogens with zero attached hydrogens (tertiary/aromatic N) is 5. The second-order valence-corrected chi connectivity index (χ2v) is 11.1. The van der Waals surface area contributed by atoms with Gasteiger partial charge in [0, 0.05) is 17.9 Å². The molecule has 0 aliphatic carbocycles. The Labute approximate surface area is 252 Å². The van der Waals surface area contributed by atoms with Gasteiger partial charge in [-0.05, 0) is 67.6 Å². The summed E-state index contributed by atoms with van der Waals surface area (Å²) in [6.07, 6.45) is -2.33. The Hall–Kier alpha value is -4.90. The molecule has 14 heteroatoms. The minimum Gasteiger partial charge on any atom is -0.554 e. The summed E-state index contributed by atoms with van der Waals surface area (Å²) in [7, 11) is 7.50. The summed E-state index contributed by atoms with van der Waals surface area (Å²) in [5.41, 5.74) is 0.646. The number of methoxy groups -OCH3 is 1. The molecule has 3 aromatic rings. The normalized spacial score (nSPS) is 14.7. The molecular weight excluding hydrogens is 581 g/mol. The second-order valence-electron chi connectivity index (χ2n) is 11.1. The second kappa shape index (κ2) is 13.6. The molecule has 0 amide bonds. The van der Waals surface area contributed by atoms with E-state index < -0.39 is 35.9 Å². The van der Waals surface area contributed by atoms with Gasteiger partial charge >= 0.3 is 17.8 Å². The predicted octanol–water partition coefficient (Wildman–Crippen LogP) is 3.04. The molecule has 1 atom stereocenters. The first-order valence-electron chi connectivity index (χ1n) is 13.5. The lowest BCUT2D eigenvalue weighted by atomic mass is 9.88. The van der Waals surface area contributed by atoms with Crippen LogP contribution in [0.5, 0.6) is 0 Å². The number of nitrogens with one attached hydrogen (secondary N) is 1. The summed E-state index contributed by atoms with van der Waals surface area (Å²) in [4.78, 5) is 36.1. The average molecular weight is 615 g/mol. The lowest BCUT2D eigenvalue weighted by Crippen LogP contribution is -2.38. The van der Waals surface area contributed by atoms with Crippen molar-refractivity contribution >= 4 is 24.1 Å². The van der Waals surface area contributed by atoms with E-state index in [0.717, 1.165) is 41.6 Å². The number of carboxylic acid groups (broad SMARTS) is 1. The van der Waals surface area contributed by atoms with Gasteiger partial charge in [-0.15, -0.1) is 5.10 Å². The molecule has 2 heterocycles. The van der Waals surface area contributed by atoms with Crippen LogP contribution in [0.3, 0.4) is 0 Å². The highest BCUT2D eigenvalue weighted by Gasteiger charge is 2.41. The molecule has 1 unspecified atom stereocenters. The summed E-state index contributed by atoms with van der Waals surface area (Å²) in [6, 6.07) is 10.8. The first-order chi connectivity index (χ1) is 20.7. The zero-order valence-electron chi connectivity index (χ0n) is 24.9. The van der Waals surface area contributed by atoms with E-state index in [2.05, 4.69) is 37.4 Å². The number of anilines is 2. The standard InChI is InChI=1S/C29H31F3N6O3.CH2O2/c1-18-24(26(39)41-5)25(23-13-12-19(17-33)15-20(23)9-6-7-14-38(2,3)4)37-27(34-35-28(37)40)36(18)22-11-8-10-21(16-22)29(30,31)32;2-1-3/h8,10-13,15-16,25H,6-7,9,14H2,1-5H3;1H,(H,2,3). The van der Waals surface area contributed by atoms with Crippen molar-refractivity contribution in [1.29, 1.82) is 5.26 Å². The molecule has 1 aromatic heterocycles. The predicted molar refractivity (Wildman–Crippen MR) is 152 cm³/mol. The molecular formula is C30H33F3N6O5. The summed E-state index contributed by atoms with van der Waals surface area (Å²) < 4.78 is 47.9. The van der Waals surface area contributed by atoms with Gasteiger partial charge in [-0.25, -0.2) is 19.3 Å². The van der Waals surface area contributed by atoms with Crippen molar-refractivity contribution in [3.63, 3.8) is 0 Å². The number of alkyl halides is 3. The highest BCUT2D eigenvalue weighted by molar-refractivity contribution is 5.93. The largest absolute Gasteiger partial charge is 0.554 e. The fourth-order valence-electron chi connectivity index (χ4n) is 5.14. The summed E-state index contributed by atoms with van der Waals surface area (Å²) in [6.45, 7) is 2.01. The van der Waals surface area contributed by atoms with Gasteiger partial charge in [0.1, 0.15) is 6.04 Å². The van der Waals surface area contributed by atoms with Crippen molar-refractivity contribution in [3.05, 3.63) is 86.5 Å². The number of aromatic amines is 1. The van der Waals surface area contributed by atoms with Gasteiger partial charge < -0.3 is 19.1 Å². The zero-order valence-corrected chi connectivity index (χ0v) is 24.9. The number of halogens is 3. The third-order valence-corrected chi connectivity index (χ3v) is 7.07. The number of carbonyl (C=O) groups is 2. The van der Waals surface area contributed by atoms with Crippen molar-refractivity contribution in [1.82, 2.24) is 14.8 Å². The Bertz CT molecular complexity index is 1650. The number of H-pyrrole nitrogens is 1. The van der Waals surface area contributed by atoms with Crippen LogP contribution in [0.4, 0.5) is 24.8 Å². The first-order valence-corrected chi connectivity index (χ1v) is 13.5. The highest BCUT2D eigenvalue weighted by Crippen LogP contribution is 2.43. The van der Waals surface area contributed by atoms with Crippen LogP contribution in [0.15, 0.2) is 58.5 Å². The Morgan fingerprint density at radius 3 is 2.48 bits per heavy atom. The molecule has 2 aromatic carbocycles. The van der Waals surface area contributed by atoms with Crippen molar-refractivity contribution in [2.75, 3.05) is 39.7 Å². The van der Waals surface area contributed by atoms with E-state index in [-0.39, 0.29) is 22.9 Å². The number of fused-ring (bicyclic) bond motifs is 1. The molecule has 0 saturated carbocycles. The average Bonchev–Trinajstić information content (AvgIpc) is 3.34. The van der Waals surface area contributed by atoms with Crippen molar-refractivity contribution < 1.29 is 37.1 Å². The lowest BCUT2D eigenvalue weighted by Gasteiger charge is -2.36. The van der Waals surface area contributed by atoms with Crippen LogP contribution in [0.2, 0.25) is 0 Å². The van der Waals surface area contributed by atoms with Gasteiger partial charge in [0.15, 0.2) is 0 Å². The van der Waals surface area contributed by atoms with Crippen molar-refractivity contribution in [3.8, 4) is 6.07 Å². The number of esters is 1. The number of rotatable bonds is 8. The number of quaternary nitrogens is 1. The molecule has 0 saturated heterocycles.